The number of nitrogens with two attached hydrogens (primary N) is 1. The van der Waals surface area contributed by atoms with Gasteiger partial charge in [-0.15, -0.1) is 0 Å². The molecule has 0 aliphatic carbocycles. The van der Waals surface area contributed by atoms with Crippen molar-refractivity contribution in [1.29, 1.82) is 0 Å². The third-order valence-corrected chi connectivity index (χ3v) is 5.45. The van der Waals surface area contributed by atoms with Crippen LogP contribution in [-0.4, -0.2) is 72.4 Å². The molecule has 6 N–H and O–H groups in total. The minimum Gasteiger partial charge on any atom is -0.491 e. The van der Waals surface area contributed by atoms with Crippen LogP contribution in [0.25, 0.3) is 11.2 Å². The third kappa shape index (κ3) is 3.12. The molecule has 0 bridgehead atoms. The van der Waals surface area contributed by atoms with Crippen molar-refractivity contribution >= 4 is 22.9 Å². The van der Waals surface area contributed by atoms with E-state index in [1.807, 2.05) is 24.3 Å². The quantitative estimate of drug-likeness (QED) is 0.374. The average molecular weight is 414 g/mol. The maximum absolute atomic E-state index is 10.3. The van der Waals surface area contributed by atoms with Gasteiger partial charge in [-0.25, -0.2) is 4.98 Å². The Kier molecular flexibility index (Phi) is 4.66. The van der Waals surface area contributed by atoms with E-state index in [1.165, 1.54) is 10.9 Å². The van der Waals surface area contributed by atoms with E-state index in [9.17, 15) is 15.3 Å². The van der Waals surface area contributed by atoms with Gasteiger partial charge in [-0.1, -0.05) is 18.2 Å². The van der Waals surface area contributed by atoms with Gasteiger partial charge >= 0.3 is 0 Å². The summed E-state index contributed by atoms with van der Waals surface area (Å²) in [6, 6.07) is 7.79. The number of nitrogen functional groups attached to an aromatic ring is 1. The fourth-order valence-electron chi connectivity index (χ4n) is 3.90. The standard InChI is InChI=1S/C19H22N6O5/c20-16-13-17(25(8-21-13)18-15(28)14(27)12(6-26)30-18)24-19(23-16)22-10-5-9-3-1-2-4-11(9)29-7-10/h1-4,8,10,12,14-15,18,26-28H,5-7H2,(H3,20,22,23,24)/t10?,12-,14-,15-,18-/m1/s1. The molecule has 1 fully saturated rings. The Hall–Kier alpha value is -2.99. The normalized spacial score (nSPS) is 28.3. The first-order chi connectivity index (χ1) is 14.5. The molecule has 4 heterocycles. The molecule has 11 nitrogen and oxygen atoms in total. The van der Waals surface area contributed by atoms with Crippen LogP contribution in [0, 0.1) is 0 Å². The molecule has 3 aromatic rings. The van der Waals surface area contributed by atoms with E-state index in [1.54, 1.807) is 0 Å². The molecule has 1 unspecified atom stereocenters. The molecular weight excluding hydrogens is 392 g/mol. The molecule has 0 saturated carbocycles. The van der Waals surface area contributed by atoms with Gasteiger partial charge in [0.05, 0.1) is 19.0 Å². The number of rotatable bonds is 4. The zero-order chi connectivity index (χ0) is 20.8. The highest BCUT2D eigenvalue weighted by atomic mass is 16.6. The van der Waals surface area contributed by atoms with Crippen LogP contribution in [0.5, 0.6) is 5.75 Å². The van der Waals surface area contributed by atoms with Gasteiger partial charge in [-0.2, -0.15) is 9.97 Å². The minimum atomic E-state index is -1.25. The van der Waals surface area contributed by atoms with Crippen molar-refractivity contribution in [2.24, 2.45) is 0 Å². The van der Waals surface area contributed by atoms with Gasteiger partial charge in [0.15, 0.2) is 17.7 Å². The van der Waals surface area contributed by atoms with Crippen LogP contribution >= 0.6 is 0 Å². The molecule has 2 aliphatic rings. The predicted molar refractivity (Wildman–Crippen MR) is 106 cm³/mol. The lowest BCUT2D eigenvalue weighted by atomic mass is 10.0. The summed E-state index contributed by atoms with van der Waals surface area (Å²) in [5.74, 6) is 1.33. The second-order valence-electron chi connectivity index (χ2n) is 7.45. The summed E-state index contributed by atoms with van der Waals surface area (Å²) in [5, 5.41) is 33.0. The largest absolute Gasteiger partial charge is 0.491 e. The van der Waals surface area contributed by atoms with Crippen LogP contribution in [-0.2, 0) is 11.2 Å². The predicted octanol–water partition coefficient (Wildman–Crippen LogP) is -0.564. The minimum absolute atomic E-state index is 0.0537. The summed E-state index contributed by atoms with van der Waals surface area (Å²) in [5.41, 5.74) is 7.86. The Morgan fingerprint density at radius 3 is 2.83 bits per heavy atom. The van der Waals surface area contributed by atoms with Crippen molar-refractivity contribution in [1.82, 2.24) is 19.5 Å². The van der Waals surface area contributed by atoms with Crippen LogP contribution in [0.1, 0.15) is 11.8 Å². The summed E-state index contributed by atoms with van der Waals surface area (Å²) in [4.78, 5) is 13.0. The van der Waals surface area contributed by atoms with Crippen LogP contribution in [0.15, 0.2) is 30.6 Å². The van der Waals surface area contributed by atoms with Crippen molar-refractivity contribution in [3.8, 4) is 5.75 Å². The van der Waals surface area contributed by atoms with Crippen LogP contribution in [0.3, 0.4) is 0 Å². The van der Waals surface area contributed by atoms with E-state index in [4.69, 9.17) is 15.2 Å². The Balaban J connectivity index is 1.43. The van der Waals surface area contributed by atoms with E-state index < -0.39 is 31.1 Å². The zero-order valence-corrected chi connectivity index (χ0v) is 15.9. The van der Waals surface area contributed by atoms with Crippen molar-refractivity contribution < 1.29 is 24.8 Å². The number of hydrogen-bond donors (Lipinski definition) is 5. The monoisotopic (exact) mass is 414 g/mol. The van der Waals surface area contributed by atoms with E-state index in [2.05, 4.69) is 20.3 Å². The molecule has 1 saturated heterocycles. The first-order valence-corrected chi connectivity index (χ1v) is 9.65. The third-order valence-electron chi connectivity index (χ3n) is 5.45. The molecule has 5 atom stereocenters. The van der Waals surface area contributed by atoms with Gasteiger partial charge in [0.2, 0.25) is 5.95 Å². The van der Waals surface area contributed by atoms with Crippen LogP contribution < -0.4 is 15.8 Å². The number of anilines is 2. The lowest BCUT2D eigenvalue weighted by Gasteiger charge is -2.26. The van der Waals surface area contributed by atoms with Gasteiger partial charge in [0.25, 0.3) is 0 Å². The summed E-state index contributed by atoms with van der Waals surface area (Å²) in [6.45, 7) is 0.0286. The van der Waals surface area contributed by atoms with Gasteiger partial charge in [-0.05, 0) is 18.1 Å². The zero-order valence-electron chi connectivity index (χ0n) is 15.9. The fourth-order valence-corrected chi connectivity index (χ4v) is 3.90. The molecule has 30 heavy (non-hydrogen) atoms. The molecule has 2 aromatic heterocycles. The second kappa shape index (κ2) is 7.36. The molecular formula is C19H22N6O5. The number of benzene rings is 1. The number of aromatic nitrogens is 4. The van der Waals surface area contributed by atoms with Crippen molar-refractivity contribution in [2.45, 2.75) is 37.0 Å². The molecule has 0 amide bonds. The Morgan fingerprint density at radius 1 is 1.20 bits per heavy atom. The van der Waals surface area contributed by atoms with E-state index >= 15 is 0 Å². The molecule has 11 heteroatoms. The Labute approximate surface area is 171 Å². The fraction of sp³-hybridized carbons (Fsp3) is 0.421. The first-order valence-electron chi connectivity index (χ1n) is 9.65. The number of imidazole rings is 1. The van der Waals surface area contributed by atoms with Gasteiger partial charge in [0, 0.05) is 0 Å². The van der Waals surface area contributed by atoms with E-state index in [0.717, 1.165) is 17.7 Å². The van der Waals surface area contributed by atoms with Gasteiger partial charge < -0.3 is 35.8 Å². The average Bonchev–Trinajstić information content (AvgIpc) is 3.29. The number of aliphatic hydroxyl groups excluding tert-OH is 3. The number of nitrogens with zero attached hydrogens (tertiary/aromatic N) is 4. The first kappa shape index (κ1) is 19.0. The smallest absolute Gasteiger partial charge is 0.227 e. The SMILES string of the molecule is Nc1nc(NC2COc3ccccc3C2)nc2c1ncn2[C@@H]1O[C@H](CO)[C@@H](O)[C@H]1O. The summed E-state index contributed by atoms with van der Waals surface area (Å²) < 4.78 is 12.9. The molecule has 0 radical (unpaired) electrons. The van der Waals surface area contributed by atoms with Crippen molar-refractivity contribution in [3.05, 3.63) is 36.2 Å². The van der Waals surface area contributed by atoms with Crippen molar-refractivity contribution in [2.75, 3.05) is 24.3 Å². The summed E-state index contributed by atoms with van der Waals surface area (Å²) in [7, 11) is 0. The number of aliphatic hydroxyl groups is 3. The maximum atomic E-state index is 10.3. The number of fused-ring (bicyclic) bond motifs is 2. The second-order valence-corrected chi connectivity index (χ2v) is 7.45. The van der Waals surface area contributed by atoms with E-state index in [-0.39, 0.29) is 11.9 Å². The molecule has 158 valence electrons. The maximum Gasteiger partial charge on any atom is 0.227 e. The lowest BCUT2D eigenvalue weighted by Crippen LogP contribution is -2.34. The lowest BCUT2D eigenvalue weighted by molar-refractivity contribution is -0.0511. The molecule has 2 aliphatic heterocycles. The molecule has 1 aromatic carbocycles. The summed E-state index contributed by atoms with van der Waals surface area (Å²) >= 11 is 0. The van der Waals surface area contributed by atoms with E-state index in [0.29, 0.717) is 23.7 Å². The van der Waals surface area contributed by atoms with Gasteiger partial charge in [0.1, 0.15) is 36.2 Å². The number of para-hydroxylation sites is 1. The number of hydrogen-bond acceptors (Lipinski definition) is 10. The topological polar surface area (TPSA) is 161 Å². The van der Waals surface area contributed by atoms with Crippen LogP contribution in [0.2, 0.25) is 0 Å². The highest BCUT2D eigenvalue weighted by Gasteiger charge is 2.44. The Bertz CT molecular complexity index is 1070. The summed E-state index contributed by atoms with van der Waals surface area (Å²) in [6.07, 6.45) is -2.19. The number of ether oxygens (including phenoxy) is 2. The highest BCUT2D eigenvalue weighted by molar-refractivity contribution is 5.83. The molecule has 0 spiro atoms. The van der Waals surface area contributed by atoms with Crippen LogP contribution in [0.4, 0.5) is 11.8 Å². The highest BCUT2D eigenvalue weighted by Crippen LogP contribution is 2.32. The number of nitrogens with one attached hydrogen (secondary N) is 1. The van der Waals surface area contributed by atoms with Crippen molar-refractivity contribution in [3.63, 3.8) is 0 Å². The Morgan fingerprint density at radius 2 is 2.03 bits per heavy atom. The molecule has 5 rings (SSSR count). The van der Waals surface area contributed by atoms with Gasteiger partial charge in [-0.3, -0.25) is 4.57 Å².